The molecular formula is C22H31N2O2+. The van der Waals surface area contributed by atoms with E-state index in [1.807, 2.05) is 0 Å². The third kappa shape index (κ3) is 3.45. The Hall–Kier alpha value is -1.65. The molecule has 0 bridgehead atoms. The molecule has 0 spiro atoms. The fourth-order valence-electron chi connectivity index (χ4n) is 4.88. The van der Waals surface area contributed by atoms with Crippen LogP contribution in [0.3, 0.4) is 0 Å². The SMILES string of the molecule is Cc1ccc2c(c1)c1c(n2C[C@H](O)C[NH+]2CCCCCC2)C(=O)CCC1. The van der Waals surface area contributed by atoms with E-state index in [1.165, 1.54) is 60.2 Å². The molecule has 26 heavy (non-hydrogen) atoms. The normalized spacial score (nSPS) is 20.2. The van der Waals surface area contributed by atoms with Crippen LogP contribution >= 0.6 is 0 Å². The minimum atomic E-state index is -0.404. The van der Waals surface area contributed by atoms with Gasteiger partial charge in [-0.2, -0.15) is 0 Å². The van der Waals surface area contributed by atoms with Gasteiger partial charge in [-0.15, -0.1) is 0 Å². The van der Waals surface area contributed by atoms with E-state index >= 15 is 0 Å². The van der Waals surface area contributed by atoms with Crippen LogP contribution in [0, 0.1) is 6.92 Å². The lowest BCUT2D eigenvalue weighted by atomic mass is 9.94. The Morgan fingerprint density at radius 3 is 2.65 bits per heavy atom. The van der Waals surface area contributed by atoms with Crippen molar-refractivity contribution in [2.75, 3.05) is 19.6 Å². The minimum Gasteiger partial charge on any atom is -0.385 e. The maximum Gasteiger partial charge on any atom is 0.179 e. The number of rotatable bonds is 4. The molecule has 0 unspecified atom stereocenters. The number of Topliss-reactive ketones (excluding diaryl/α,β-unsaturated/α-hetero) is 1. The van der Waals surface area contributed by atoms with Gasteiger partial charge in [0.05, 0.1) is 25.3 Å². The molecule has 1 saturated heterocycles. The van der Waals surface area contributed by atoms with Crippen molar-refractivity contribution >= 4 is 16.7 Å². The summed E-state index contributed by atoms with van der Waals surface area (Å²) >= 11 is 0. The van der Waals surface area contributed by atoms with Gasteiger partial charge in [-0.1, -0.05) is 11.6 Å². The van der Waals surface area contributed by atoms with Crippen LogP contribution in [0.5, 0.6) is 0 Å². The number of quaternary nitrogens is 1. The molecule has 0 saturated carbocycles. The number of nitrogens with zero attached hydrogens (tertiary/aromatic N) is 1. The summed E-state index contributed by atoms with van der Waals surface area (Å²) in [6, 6.07) is 6.44. The number of nitrogens with one attached hydrogen (secondary N) is 1. The summed E-state index contributed by atoms with van der Waals surface area (Å²) in [5.41, 5.74) is 4.40. The Bertz CT molecular complexity index is 800. The van der Waals surface area contributed by atoms with Crippen LogP contribution in [0.1, 0.15) is 60.1 Å². The molecule has 4 rings (SSSR count). The van der Waals surface area contributed by atoms with Crippen LogP contribution in [0.15, 0.2) is 18.2 Å². The molecule has 0 radical (unpaired) electrons. The summed E-state index contributed by atoms with van der Waals surface area (Å²) in [4.78, 5) is 14.2. The number of likely N-dealkylation sites (tertiary alicyclic amines) is 1. The number of fused-ring (bicyclic) bond motifs is 3. The predicted octanol–water partition coefficient (Wildman–Crippen LogP) is 2.29. The van der Waals surface area contributed by atoms with Crippen LogP contribution in [0.25, 0.3) is 10.9 Å². The molecule has 4 heteroatoms. The van der Waals surface area contributed by atoms with Gasteiger partial charge in [0.15, 0.2) is 5.78 Å². The topological polar surface area (TPSA) is 46.7 Å². The zero-order valence-electron chi connectivity index (χ0n) is 15.9. The van der Waals surface area contributed by atoms with Crippen molar-refractivity contribution in [3.63, 3.8) is 0 Å². The highest BCUT2D eigenvalue weighted by Crippen LogP contribution is 2.33. The van der Waals surface area contributed by atoms with Gasteiger partial charge < -0.3 is 14.6 Å². The largest absolute Gasteiger partial charge is 0.385 e. The molecule has 1 aliphatic heterocycles. The monoisotopic (exact) mass is 355 g/mol. The second-order valence-corrected chi connectivity index (χ2v) is 8.26. The highest BCUT2D eigenvalue weighted by atomic mass is 16.3. The molecule has 2 N–H and O–H groups in total. The summed E-state index contributed by atoms with van der Waals surface area (Å²) in [6.07, 6.45) is 7.32. The number of carbonyl (C=O) groups excluding carboxylic acids is 1. The number of hydrogen-bond acceptors (Lipinski definition) is 2. The number of aliphatic hydroxyl groups excluding tert-OH is 1. The first kappa shape index (κ1) is 17.7. The molecule has 1 aliphatic carbocycles. The summed E-state index contributed by atoms with van der Waals surface area (Å²) in [5.74, 6) is 0.245. The third-order valence-electron chi connectivity index (χ3n) is 6.15. The standard InChI is InChI=1S/C22H30N2O2/c1-16-9-10-20-19(13-16)18-7-6-8-21(26)22(18)24(20)15-17(25)14-23-11-4-2-3-5-12-23/h9-10,13,17,25H,2-8,11-12,14-15H2,1H3/p+1/t17-/m1/s1. The van der Waals surface area contributed by atoms with E-state index < -0.39 is 6.10 Å². The van der Waals surface area contributed by atoms with Gasteiger partial charge in [-0.25, -0.2) is 0 Å². The molecule has 2 aromatic rings. The molecular weight excluding hydrogens is 324 g/mol. The van der Waals surface area contributed by atoms with Crippen molar-refractivity contribution in [3.05, 3.63) is 35.0 Å². The zero-order chi connectivity index (χ0) is 18.1. The lowest BCUT2D eigenvalue weighted by Crippen LogP contribution is -3.13. The van der Waals surface area contributed by atoms with Gasteiger partial charge in [-0.05, 0) is 63.1 Å². The van der Waals surface area contributed by atoms with Crippen molar-refractivity contribution in [2.45, 2.75) is 64.5 Å². The van der Waals surface area contributed by atoms with Gasteiger partial charge in [0.25, 0.3) is 0 Å². The highest BCUT2D eigenvalue weighted by molar-refractivity contribution is 6.04. The lowest BCUT2D eigenvalue weighted by Gasteiger charge is -2.22. The lowest BCUT2D eigenvalue weighted by molar-refractivity contribution is -0.902. The van der Waals surface area contributed by atoms with Crippen molar-refractivity contribution in [2.24, 2.45) is 0 Å². The molecule has 140 valence electrons. The maximum absolute atomic E-state index is 12.7. The van der Waals surface area contributed by atoms with E-state index in [0.717, 1.165) is 30.6 Å². The summed E-state index contributed by atoms with van der Waals surface area (Å²) in [5, 5.41) is 12.0. The first-order valence-corrected chi connectivity index (χ1v) is 10.3. The van der Waals surface area contributed by atoms with E-state index in [0.29, 0.717) is 13.0 Å². The van der Waals surface area contributed by atoms with Crippen LogP contribution in [-0.2, 0) is 13.0 Å². The number of hydrogen-bond donors (Lipinski definition) is 2. The van der Waals surface area contributed by atoms with Crippen LogP contribution in [0.4, 0.5) is 0 Å². The van der Waals surface area contributed by atoms with Crippen LogP contribution < -0.4 is 4.90 Å². The summed E-state index contributed by atoms with van der Waals surface area (Å²) < 4.78 is 2.12. The Morgan fingerprint density at radius 2 is 1.88 bits per heavy atom. The van der Waals surface area contributed by atoms with Crippen LogP contribution in [0.2, 0.25) is 0 Å². The van der Waals surface area contributed by atoms with E-state index in [-0.39, 0.29) is 5.78 Å². The Morgan fingerprint density at radius 1 is 1.12 bits per heavy atom. The van der Waals surface area contributed by atoms with Crippen molar-refractivity contribution in [1.29, 1.82) is 0 Å². The minimum absolute atomic E-state index is 0.245. The Labute approximate surface area is 155 Å². The van der Waals surface area contributed by atoms with Gasteiger partial charge in [0, 0.05) is 17.3 Å². The van der Waals surface area contributed by atoms with Crippen molar-refractivity contribution in [1.82, 2.24) is 4.57 Å². The summed E-state index contributed by atoms with van der Waals surface area (Å²) in [7, 11) is 0. The number of carbonyl (C=O) groups is 1. The van der Waals surface area contributed by atoms with Crippen molar-refractivity contribution < 1.29 is 14.8 Å². The highest BCUT2D eigenvalue weighted by Gasteiger charge is 2.27. The molecule has 2 aliphatic rings. The number of benzene rings is 1. The molecule has 2 heterocycles. The van der Waals surface area contributed by atoms with E-state index in [1.54, 1.807) is 0 Å². The molecule has 4 nitrogen and oxygen atoms in total. The average molecular weight is 356 g/mol. The molecule has 1 aromatic heterocycles. The average Bonchev–Trinajstić information content (AvgIpc) is 2.76. The molecule has 1 atom stereocenters. The maximum atomic E-state index is 12.7. The molecule has 0 amide bonds. The summed E-state index contributed by atoms with van der Waals surface area (Å²) in [6.45, 7) is 5.75. The molecule has 1 fully saturated rings. The smallest absolute Gasteiger partial charge is 0.179 e. The first-order valence-electron chi connectivity index (χ1n) is 10.3. The Kier molecular flexibility index (Phi) is 5.14. The van der Waals surface area contributed by atoms with Gasteiger partial charge in [0.2, 0.25) is 0 Å². The fourth-order valence-corrected chi connectivity index (χ4v) is 4.88. The van der Waals surface area contributed by atoms with E-state index in [9.17, 15) is 9.90 Å². The van der Waals surface area contributed by atoms with Gasteiger partial charge in [0.1, 0.15) is 12.6 Å². The second kappa shape index (κ2) is 7.53. The number of aliphatic hydroxyl groups is 1. The van der Waals surface area contributed by atoms with Crippen LogP contribution in [-0.4, -0.2) is 41.2 Å². The fraction of sp³-hybridized carbons (Fsp3) is 0.591. The predicted molar refractivity (Wildman–Crippen MR) is 104 cm³/mol. The van der Waals surface area contributed by atoms with E-state index in [4.69, 9.17) is 0 Å². The Balaban J connectivity index is 1.63. The van der Waals surface area contributed by atoms with Crippen molar-refractivity contribution in [3.8, 4) is 0 Å². The molecule has 1 aromatic carbocycles. The van der Waals surface area contributed by atoms with E-state index in [2.05, 4.69) is 29.7 Å². The first-order chi connectivity index (χ1) is 12.6. The number of aromatic nitrogens is 1. The van der Waals surface area contributed by atoms with Gasteiger partial charge in [-0.3, -0.25) is 4.79 Å². The quantitative estimate of drug-likeness (QED) is 0.884. The second-order valence-electron chi connectivity index (χ2n) is 8.26. The third-order valence-corrected chi connectivity index (χ3v) is 6.15. The number of ketones is 1. The zero-order valence-corrected chi connectivity index (χ0v) is 15.9. The number of aryl methyl sites for hydroxylation is 2. The van der Waals surface area contributed by atoms with Gasteiger partial charge >= 0.3 is 0 Å².